The number of aliphatic imine (C=N–C) groups is 1. The van der Waals surface area contributed by atoms with E-state index in [-0.39, 0.29) is 0 Å². The van der Waals surface area contributed by atoms with Gasteiger partial charge in [0.25, 0.3) is 0 Å². The van der Waals surface area contributed by atoms with Crippen LogP contribution in [0, 0.1) is 5.41 Å². The Kier molecular flexibility index (Phi) is 6.79. The largest absolute Gasteiger partial charge is 0.493 e. The molecular formula is C19H31N3O3. The van der Waals surface area contributed by atoms with Crippen molar-refractivity contribution in [3.05, 3.63) is 17.7 Å². The molecule has 6 nitrogen and oxygen atoms in total. The van der Waals surface area contributed by atoms with Gasteiger partial charge in [-0.05, 0) is 42.4 Å². The molecule has 0 heterocycles. The second-order valence-corrected chi connectivity index (χ2v) is 6.52. The van der Waals surface area contributed by atoms with Crippen molar-refractivity contribution < 1.29 is 14.2 Å². The van der Waals surface area contributed by atoms with Crippen LogP contribution in [0.3, 0.4) is 0 Å². The fourth-order valence-electron chi connectivity index (χ4n) is 3.25. The van der Waals surface area contributed by atoms with E-state index in [1.165, 1.54) is 25.7 Å². The summed E-state index contributed by atoms with van der Waals surface area (Å²) in [5.74, 6) is 2.72. The summed E-state index contributed by atoms with van der Waals surface area (Å²) < 4.78 is 16.2. The van der Waals surface area contributed by atoms with Crippen LogP contribution in [0.4, 0.5) is 0 Å². The summed E-state index contributed by atoms with van der Waals surface area (Å²) in [6.45, 7) is 3.86. The molecule has 0 saturated heterocycles. The molecule has 0 bridgehead atoms. The van der Waals surface area contributed by atoms with E-state index in [4.69, 9.17) is 14.2 Å². The molecule has 1 fully saturated rings. The maximum atomic E-state index is 5.40. The first-order valence-corrected chi connectivity index (χ1v) is 8.84. The average molecular weight is 349 g/mol. The highest BCUT2D eigenvalue weighted by Crippen LogP contribution is 2.43. The number of hydrogen-bond acceptors (Lipinski definition) is 4. The van der Waals surface area contributed by atoms with Crippen LogP contribution >= 0.6 is 0 Å². The summed E-state index contributed by atoms with van der Waals surface area (Å²) in [5.41, 5.74) is 1.48. The van der Waals surface area contributed by atoms with Crippen LogP contribution < -0.4 is 24.8 Å². The molecule has 0 atom stereocenters. The van der Waals surface area contributed by atoms with E-state index in [0.29, 0.717) is 29.2 Å². The summed E-state index contributed by atoms with van der Waals surface area (Å²) in [7, 11) is 6.65. The Morgan fingerprint density at radius 2 is 1.72 bits per heavy atom. The predicted molar refractivity (Wildman–Crippen MR) is 101 cm³/mol. The van der Waals surface area contributed by atoms with Crippen LogP contribution in [0.1, 0.15) is 38.2 Å². The third kappa shape index (κ3) is 4.50. The number of guanidine groups is 1. The molecule has 2 N–H and O–H groups in total. The van der Waals surface area contributed by atoms with E-state index < -0.39 is 0 Å². The van der Waals surface area contributed by atoms with Gasteiger partial charge < -0.3 is 24.8 Å². The van der Waals surface area contributed by atoms with E-state index in [0.717, 1.165) is 18.1 Å². The molecule has 0 aliphatic heterocycles. The molecule has 140 valence electrons. The van der Waals surface area contributed by atoms with Crippen molar-refractivity contribution in [2.24, 2.45) is 10.4 Å². The first-order chi connectivity index (χ1) is 12.1. The van der Waals surface area contributed by atoms with Crippen LogP contribution in [0.25, 0.3) is 0 Å². The van der Waals surface area contributed by atoms with Crippen LogP contribution in [-0.4, -0.2) is 40.9 Å². The molecule has 0 unspecified atom stereocenters. The molecular weight excluding hydrogens is 318 g/mol. The maximum Gasteiger partial charge on any atom is 0.203 e. The van der Waals surface area contributed by atoms with E-state index in [1.54, 1.807) is 28.4 Å². The quantitative estimate of drug-likeness (QED) is 0.558. The standard InChI is InChI=1S/C19H31N3O3/c1-6-19(8-7-9-19)13-22-18(20-2)21-12-14-10-15(23-3)17(25-5)16(11-14)24-4/h10-11H,6-9,12-13H2,1-5H3,(H2,20,21,22). The number of methoxy groups -OCH3 is 3. The fraction of sp³-hybridized carbons (Fsp3) is 0.632. The highest BCUT2D eigenvalue weighted by Gasteiger charge is 2.34. The molecule has 1 aliphatic carbocycles. The van der Waals surface area contributed by atoms with E-state index >= 15 is 0 Å². The molecule has 0 aromatic heterocycles. The van der Waals surface area contributed by atoms with Crippen molar-refractivity contribution in [2.45, 2.75) is 39.2 Å². The Morgan fingerprint density at radius 1 is 1.08 bits per heavy atom. The minimum atomic E-state index is 0.449. The fourth-order valence-corrected chi connectivity index (χ4v) is 3.25. The Bertz CT molecular complexity index is 567. The van der Waals surface area contributed by atoms with Crippen molar-refractivity contribution in [2.75, 3.05) is 34.9 Å². The van der Waals surface area contributed by atoms with Gasteiger partial charge in [-0.25, -0.2) is 0 Å². The van der Waals surface area contributed by atoms with Crippen molar-refractivity contribution in [1.82, 2.24) is 10.6 Å². The lowest BCUT2D eigenvalue weighted by molar-refractivity contribution is 0.131. The first-order valence-electron chi connectivity index (χ1n) is 8.84. The number of nitrogens with zero attached hydrogens (tertiary/aromatic N) is 1. The van der Waals surface area contributed by atoms with Crippen LogP contribution in [-0.2, 0) is 6.54 Å². The second kappa shape index (κ2) is 8.83. The lowest BCUT2D eigenvalue weighted by Crippen LogP contribution is -2.46. The molecule has 6 heteroatoms. The summed E-state index contributed by atoms with van der Waals surface area (Å²) in [6.07, 6.45) is 5.16. The zero-order valence-electron chi connectivity index (χ0n) is 16.1. The number of hydrogen-bond donors (Lipinski definition) is 2. The normalized spacial score (nSPS) is 16.0. The third-order valence-electron chi connectivity index (χ3n) is 5.20. The molecule has 1 saturated carbocycles. The van der Waals surface area contributed by atoms with Gasteiger partial charge >= 0.3 is 0 Å². The van der Waals surface area contributed by atoms with Gasteiger partial charge in [0, 0.05) is 20.1 Å². The molecule has 1 aliphatic rings. The Hall–Kier alpha value is -2.11. The highest BCUT2D eigenvalue weighted by atomic mass is 16.5. The third-order valence-corrected chi connectivity index (χ3v) is 5.20. The summed E-state index contributed by atoms with van der Waals surface area (Å²) in [5, 5.41) is 6.82. The minimum Gasteiger partial charge on any atom is -0.493 e. The minimum absolute atomic E-state index is 0.449. The van der Waals surface area contributed by atoms with E-state index in [2.05, 4.69) is 22.5 Å². The molecule has 0 spiro atoms. The average Bonchev–Trinajstić information content (AvgIpc) is 2.62. The number of ether oxygens (including phenoxy) is 3. The molecule has 1 aromatic carbocycles. The van der Waals surface area contributed by atoms with Crippen molar-refractivity contribution in [1.29, 1.82) is 0 Å². The summed E-state index contributed by atoms with van der Waals surface area (Å²) in [4.78, 5) is 4.33. The van der Waals surface area contributed by atoms with Gasteiger partial charge in [0.1, 0.15) is 0 Å². The zero-order chi connectivity index (χ0) is 18.3. The topological polar surface area (TPSA) is 64.1 Å². The van der Waals surface area contributed by atoms with Gasteiger partial charge in [0.05, 0.1) is 21.3 Å². The number of benzene rings is 1. The van der Waals surface area contributed by atoms with Gasteiger partial charge in [-0.2, -0.15) is 0 Å². The Labute approximate surface area is 151 Å². The first kappa shape index (κ1) is 19.2. The van der Waals surface area contributed by atoms with Gasteiger partial charge in [-0.15, -0.1) is 0 Å². The predicted octanol–water partition coefficient (Wildman–Crippen LogP) is 2.96. The molecule has 1 aromatic rings. The van der Waals surface area contributed by atoms with Gasteiger partial charge in [0.15, 0.2) is 17.5 Å². The summed E-state index contributed by atoms with van der Waals surface area (Å²) in [6, 6.07) is 3.89. The van der Waals surface area contributed by atoms with E-state index in [1.807, 2.05) is 12.1 Å². The molecule has 2 rings (SSSR count). The molecule has 0 amide bonds. The van der Waals surface area contributed by atoms with Crippen LogP contribution in [0.15, 0.2) is 17.1 Å². The van der Waals surface area contributed by atoms with Crippen molar-refractivity contribution in [3.63, 3.8) is 0 Å². The van der Waals surface area contributed by atoms with Crippen LogP contribution in [0.5, 0.6) is 17.2 Å². The zero-order valence-corrected chi connectivity index (χ0v) is 16.1. The van der Waals surface area contributed by atoms with Gasteiger partial charge in [-0.1, -0.05) is 13.3 Å². The molecule has 0 radical (unpaired) electrons. The lowest BCUT2D eigenvalue weighted by atomic mass is 9.67. The second-order valence-electron chi connectivity index (χ2n) is 6.52. The van der Waals surface area contributed by atoms with E-state index in [9.17, 15) is 0 Å². The lowest BCUT2D eigenvalue weighted by Gasteiger charge is -2.41. The van der Waals surface area contributed by atoms with Gasteiger partial charge in [-0.3, -0.25) is 4.99 Å². The smallest absolute Gasteiger partial charge is 0.203 e. The Morgan fingerprint density at radius 3 is 2.12 bits per heavy atom. The molecule has 25 heavy (non-hydrogen) atoms. The van der Waals surface area contributed by atoms with Crippen molar-refractivity contribution >= 4 is 5.96 Å². The number of rotatable bonds is 8. The SMILES string of the molecule is CCC1(CNC(=NC)NCc2cc(OC)c(OC)c(OC)c2)CCC1. The van der Waals surface area contributed by atoms with Crippen LogP contribution in [0.2, 0.25) is 0 Å². The maximum absolute atomic E-state index is 5.40. The Balaban J connectivity index is 1.99. The monoisotopic (exact) mass is 349 g/mol. The summed E-state index contributed by atoms with van der Waals surface area (Å²) >= 11 is 0. The highest BCUT2D eigenvalue weighted by molar-refractivity contribution is 5.79. The van der Waals surface area contributed by atoms with Gasteiger partial charge in [0.2, 0.25) is 5.75 Å². The number of nitrogens with one attached hydrogen (secondary N) is 2. The van der Waals surface area contributed by atoms with Crippen molar-refractivity contribution in [3.8, 4) is 17.2 Å².